The zero-order valence-corrected chi connectivity index (χ0v) is 14.9. The normalized spacial score (nSPS) is 10.8. The van der Waals surface area contributed by atoms with Crippen molar-refractivity contribution in [3.05, 3.63) is 83.7 Å². The Balaban J connectivity index is 1.40. The third-order valence-electron chi connectivity index (χ3n) is 3.99. The largest absolute Gasteiger partial charge is 0.450 e. The smallest absolute Gasteiger partial charge is 0.374 e. The summed E-state index contributed by atoms with van der Waals surface area (Å²) in [4.78, 5) is 12.2. The average molecular weight is 378 g/mol. The van der Waals surface area contributed by atoms with Gasteiger partial charge in [-0.25, -0.2) is 9.18 Å². The minimum atomic E-state index is -0.663. The molecule has 4 rings (SSSR count). The third kappa shape index (κ3) is 3.83. The topological polar surface area (TPSA) is 78.4 Å². The molecule has 0 bridgehead atoms. The first-order chi connectivity index (χ1) is 13.6. The van der Waals surface area contributed by atoms with Gasteiger partial charge in [0.2, 0.25) is 11.7 Å². The van der Waals surface area contributed by atoms with Gasteiger partial charge in [0.15, 0.2) is 6.61 Å². The van der Waals surface area contributed by atoms with Gasteiger partial charge < -0.3 is 13.6 Å². The van der Waals surface area contributed by atoms with Crippen molar-refractivity contribution in [2.75, 3.05) is 0 Å². The maximum Gasteiger partial charge on any atom is 0.374 e. The van der Waals surface area contributed by atoms with Crippen LogP contribution >= 0.6 is 0 Å². The molecule has 0 aliphatic carbocycles. The standard InChI is InChI=1S/C21H15FN2O4/c1-13-3-2-4-15(11-13)20-24-23-19(28-20)12-26-21(25)18-10-9-17(27-18)14-5-7-16(22)8-6-14/h2-11H,12H2,1H3. The Morgan fingerprint density at radius 3 is 2.61 bits per heavy atom. The number of benzene rings is 2. The molecule has 7 heteroatoms. The number of hydrogen-bond donors (Lipinski definition) is 0. The number of hydrogen-bond acceptors (Lipinski definition) is 6. The number of halogens is 1. The van der Waals surface area contributed by atoms with Gasteiger partial charge in [0, 0.05) is 11.1 Å². The van der Waals surface area contributed by atoms with Gasteiger partial charge in [0.25, 0.3) is 5.89 Å². The Kier molecular flexibility index (Phi) is 4.72. The van der Waals surface area contributed by atoms with Crippen molar-refractivity contribution >= 4 is 5.97 Å². The molecular formula is C21H15FN2O4. The summed E-state index contributed by atoms with van der Waals surface area (Å²) in [5, 5.41) is 7.86. The molecule has 0 unspecified atom stereocenters. The van der Waals surface area contributed by atoms with Crippen LogP contribution in [0.4, 0.5) is 4.39 Å². The first kappa shape index (κ1) is 17.7. The summed E-state index contributed by atoms with van der Waals surface area (Å²) in [6.45, 7) is 1.79. The van der Waals surface area contributed by atoms with E-state index in [4.69, 9.17) is 13.6 Å². The number of furan rings is 1. The maximum atomic E-state index is 13.0. The highest BCUT2D eigenvalue weighted by atomic mass is 19.1. The number of carbonyl (C=O) groups is 1. The van der Waals surface area contributed by atoms with Crippen LogP contribution in [0.3, 0.4) is 0 Å². The summed E-state index contributed by atoms with van der Waals surface area (Å²) in [6, 6.07) is 16.5. The molecule has 6 nitrogen and oxygen atoms in total. The van der Waals surface area contributed by atoms with E-state index in [2.05, 4.69) is 10.2 Å². The molecule has 0 aliphatic heterocycles. The number of aryl methyl sites for hydroxylation is 1. The highest BCUT2D eigenvalue weighted by Crippen LogP contribution is 2.23. The molecule has 0 saturated carbocycles. The lowest BCUT2D eigenvalue weighted by Crippen LogP contribution is -2.04. The maximum absolute atomic E-state index is 13.0. The van der Waals surface area contributed by atoms with E-state index in [1.54, 1.807) is 18.2 Å². The SMILES string of the molecule is Cc1cccc(-c2nnc(COC(=O)c3ccc(-c4ccc(F)cc4)o3)o2)c1. The Hall–Kier alpha value is -3.74. The molecule has 0 atom stereocenters. The monoisotopic (exact) mass is 378 g/mol. The van der Waals surface area contributed by atoms with E-state index < -0.39 is 5.97 Å². The molecule has 0 radical (unpaired) electrons. The number of ether oxygens (including phenoxy) is 1. The zero-order chi connectivity index (χ0) is 19.5. The second-order valence-electron chi connectivity index (χ2n) is 6.12. The second kappa shape index (κ2) is 7.48. The second-order valence-corrected chi connectivity index (χ2v) is 6.12. The summed E-state index contributed by atoms with van der Waals surface area (Å²) in [5.41, 5.74) is 2.51. The molecule has 140 valence electrons. The van der Waals surface area contributed by atoms with Crippen LogP contribution in [0.25, 0.3) is 22.8 Å². The Morgan fingerprint density at radius 1 is 1.00 bits per heavy atom. The van der Waals surface area contributed by atoms with Crippen molar-refractivity contribution in [1.29, 1.82) is 0 Å². The van der Waals surface area contributed by atoms with Gasteiger partial charge in [-0.05, 0) is 55.5 Å². The number of rotatable bonds is 5. The van der Waals surface area contributed by atoms with Crippen LogP contribution in [-0.4, -0.2) is 16.2 Å². The minimum Gasteiger partial charge on any atom is -0.450 e. The number of carbonyl (C=O) groups excluding carboxylic acids is 1. The molecule has 2 aromatic carbocycles. The molecule has 0 fully saturated rings. The molecular weight excluding hydrogens is 363 g/mol. The zero-order valence-electron chi connectivity index (χ0n) is 14.9. The van der Waals surface area contributed by atoms with Gasteiger partial charge in [-0.3, -0.25) is 0 Å². The van der Waals surface area contributed by atoms with E-state index in [-0.39, 0.29) is 24.1 Å². The first-order valence-corrected chi connectivity index (χ1v) is 8.51. The van der Waals surface area contributed by atoms with Crippen molar-refractivity contribution in [3.8, 4) is 22.8 Å². The summed E-state index contributed by atoms with van der Waals surface area (Å²) >= 11 is 0. The Labute approximate surface area is 159 Å². The van der Waals surface area contributed by atoms with E-state index in [0.717, 1.165) is 11.1 Å². The molecule has 0 amide bonds. The van der Waals surface area contributed by atoms with Gasteiger partial charge in [-0.15, -0.1) is 10.2 Å². The molecule has 0 N–H and O–H groups in total. The van der Waals surface area contributed by atoms with Crippen LogP contribution in [0.1, 0.15) is 22.0 Å². The van der Waals surface area contributed by atoms with E-state index in [1.807, 2.05) is 31.2 Å². The molecule has 0 saturated heterocycles. The highest BCUT2D eigenvalue weighted by molar-refractivity contribution is 5.87. The van der Waals surface area contributed by atoms with Crippen LogP contribution in [0.15, 0.2) is 69.5 Å². The van der Waals surface area contributed by atoms with Crippen LogP contribution in [-0.2, 0) is 11.3 Å². The lowest BCUT2D eigenvalue weighted by atomic mass is 10.1. The fourth-order valence-corrected chi connectivity index (χ4v) is 2.62. The van der Waals surface area contributed by atoms with Crippen molar-refractivity contribution in [2.24, 2.45) is 0 Å². The molecule has 0 aliphatic rings. The predicted octanol–water partition coefficient (Wildman–Crippen LogP) is 4.80. The summed E-state index contributed by atoms with van der Waals surface area (Å²) in [7, 11) is 0. The predicted molar refractivity (Wildman–Crippen MR) is 97.7 cm³/mol. The van der Waals surface area contributed by atoms with Gasteiger partial charge in [-0.2, -0.15) is 0 Å². The van der Waals surface area contributed by atoms with Crippen molar-refractivity contribution in [3.63, 3.8) is 0 Å². The first-order valence-electron chi connectivity index (χ1n) is 8.51. The lowest BCUT2D eigenvalue weighted by Gasteiger charge is -2.00. The average Bonchev–Trinajstić information content (AvgIpc) is 3.37. The summed E-state index contributed by atoms with van der Waals surface area (Å²) in [6.07, 6.45) is 0. The van der Waals surface area contributed by atoms with Gasteiger partial charge in [-0.1, -0.05) is 17.7 Å². The van der Waals surface area contributed by atoms with Crippen LogP contribution in [0, 0.1) is 12.7 Å². The number of nitrogens with zero attached hydrogens (tertiary/aromatic N) is 2. The fraction of sp³-hybridized carbons (Fsp3) is 0.0952. The lowest BCUT2D eigenvalue weighted by molar-refractivity contribution is 0.0403. The Bertz CT molecular complexity index is 1120. The molecule has 0 spiro atoms. The van der Waals surface area contributed by atoms with Crippen LogP contribution in [0.5, 0.6) is 0 Å². The molecule has 4 aromatic rings. The number of aromatic nitrogens is 2. The van der Waals surface area contributed by atoms with E-state index >= 15 is 0 Å². The molecule has 28 heavy (non-hydrogen) atoms. The fourth-order valence-electron chi connectivity index (χ4n) is 2.62. The Morgan fingerprint density at radius 2 is 1.82 bits per heavy atom. The minimum absolute atomic E-state index is 0.0257. The van der Waals surface area contributed by atoms with Crippen LogP contribution < -0.4 is 0 Å². The van der Waals surface area contributed by atoms with Gasteiger partial charge in [0.05, 0.1) is 0 Å². The van der Waals surface area contributed by atoms with Gasteiger partial charge in [0.1, 0.15) is 11.6 Å². The molecule has 2 heterocycles. The number of esters is 1. The van der Waals surface area contributed by atoms with Crippen molar-refractivity contribution in [2.45, 2.75) is 13.5 Å². The highest BCUT2D eigenvalue weighted by Gasteiger charge is 2.16. The van der Waals surface area contributed by atoms with E-state index in [0.29, 0.717) is 17.2 Å². The van der Waals surface area contributed by atoms with E-state index in [9.17, 15) is 9.18 Å². The van der Waals surface area contributed by atoms with Crippen molar-refractivity contribution in [1.82, 2.24) is 10.2 Å². The van der Waals surface area contributed by atoms with E-state index in [1.165, 1.54) is 18.2 Å². The summed E-state index contributed by atoms with van der Waals surface area (Å²) in [5.74, 6) is -0.0195. The van der Waals surface area contributed by atoms with Gasteiger partial charge >= 0.3 is 5.97 Å². The third-order valence-corrected chi connectivity index (χ3v) is 3.99. The summed E-state index contributed by atoms with van der Waals surface area (Å²) < 4.78 is 29.2. The molecule has 2 aromatic heterocycles. The quantitative estimate of drug-likeness (QED) is 0.464. The van der Waals surface area contributed by atoms with Crippen molar-refractivity contribution < 1.29 is 22.8 Å². The van der Waals surface area contributed by atoms with Crippen LogP contribution in [0.2, 0.25) is 0 Å².